The number of hydrogen-bond acceptors (Lipinski definition) is 6. The van der Waals surface area contributed by atoms with Gasteiger partial charge in [0.25, 0.3) is 0 Å². The first kappa shape index (κ1) is 18.6. The summed E-state index contributed by atoms with van der Waals surface area (Å²) in [5.41, 5.74) is 6.56. The number of thiazole rings is 1. The van der Waals surface area contributed by atoms with Gasteiger partial charge in [-0.15, -0.1) is 11.3 Å². The Kier molecular flexibility index (Phi) is 3.91. The molecule has 0 radical (unpaired) electrons. The van der Waals surface area contributed by atoms with Gasteiger partial charge in [0.15, 0.2) is 17.5 Å². The molecule has 0 unspecified atom stereocenters. The van der Waals surface area contributed by atoms with E-state index in [1.54, 1.807) is 24.4 Å². The molecule has 4 aromatic rings. The summed E-state index contributed by atoms with van der Waals surface area (Å²) in [4.78, 5) is 26.5. The van der Waals surface area contributed by atoms with E-state index in [0.717, 1.165) is 10.9 Å². The Balaban J connectivity index is 1.63. The number of rotatable bonds is 3. The molecule has 152 valence electrons. The fraction of sp³-hybridized carbons (Fsp3) is 0.200. The van der Waals surface area contributed by atoms with E-state index in [9.17, 15) is 13.6 Å². The number of nitrogens with zero attached hydrogens (tertiary/aromatic N) is 4. The molecule has 0 saturated carbocycles. The van der Waals surface area contributed by atoms with Crippen LogP contribution in [0.4, 0.5) is 20.4 Å². The molecule has 1 aromatic carbocycles. The first-order valence-electron chi connectivity index (χ1n) is 9.14. The summed E-state index contributed by atoms with van der Waals surface area (Å²) < 4.78 is 29.6. The van der Waals surface area contributed by atoms with Crippen LogP contribution in [0.15, 0.2) is 29.8 Å². The Hall–Kier alpha value is -3.40. The molecule has 0 spiro atoms. The maximum absolute atomic E-state index is 14.2. The van der Waals surface area contributed by atoms with Crippen molar-refractivity contribution in [1.29, 1.82) is 0 Å². The Morgan fingerprint density at radius 1 is 1.23 bits per heavy atom. The highest BCUT2D eigenvalue weighted by atomic mass is 32.1. The first-order valence-corrected chi connectivity index (χ1v) is 10.0. The summed E-state index contributed by atoms with van der Waals surface area (Å²) in [6, 6.07) is 4.06. The monoisotopic (exact) mass is 426 g/mol. The number of halogens is 2. The number of carbonyl (C=O) groups excluding carboxylic acids is 1. The second-order valence-corrected chi connectivity index (χ2v) is 8.47. The van der Waals surface area contributed by atoms with Crippen molar-refractivity contribution < 1.29 is 13.6 Å². The summed E-state index contributed by atoms with van der Waals surface area (Å²) >= 11 is 1.41. The third-order valence-corrected chi connectivity index (χ3v) is 6.15. The van der Waals surface area contributed by atoms with Crippen LogP contribution in [0.1, 0.15) is 30.8 Å². The molecule has 10 heteroatoms. The smallest absolute Gasteiger partial charge is 0.235 e. The fourth-order valence-electron chi connectivity index (χ4n) is 3.68. The van der Waals surface area contributed by atoms with E-state index < -0.39 is 17.0 Å². The third-order valence-electron chi connectivity index (χ3n) is 5.28. The van der Waals surface area contributed by atoms with Gasteiger partial charge in [0.05, 0.1) is 11.0 Å². The van der Waals surface area contributed by atoms with Crippen molar-refractivity contribution in [1.82, 2.24) is 19.4 Å². The zero-order valence-electron chi connectivity index (χ0n) is 16.0. The second-order valence-electron chi connectivity index (χ2n) is 7.58. The molecule has 1 aliphatic heterocycles. The van der Waals surface area contributed by atoms with Gasteiger partial charge in [0.2, 0.25) is 5.91 Å². The van der Waals surface area contributed by atoms with Gasteiger partial charge in [0.1, 0.15) is 28.0 Å². The maximum atomic E-state index is 14.2. The third kappa shape index (κ3) is 2.60. The van der Waals surface area contributed by atoms with E-state index >= 15 is 0 Å². The second kappa shape index (κ2) is 6.30. The number of aromatic nitrogens is 4. The van der Waals surface area contributed by atoms with Gasteiger partial charge in [-0.05, 0) is 25.5 Å². The molecule has 3 N–H and O–H groups in total. The quantitative estimate of drug-likeness (QED) is 0.522. The van der Waals surface area contributed by atoms with Crippen molar-refractivity contribution in [3.8, 4) is 11.5 Å². The van der Waals surface area contributed by atoms with Gasteiger partial charge in [0, 0.05) is 18.0 Å². The van der Waals surface area contributed by atoms with Crippen LogP contribution in [-0.2, 0) is 16.6 Å². The summed E-state index contributed by atoms with van der Waals surface area (Å²) in [6.45, 7) is 3.51. The van der Waals surface area contributed by atoms with Crippen molar-refractivity contribution in [2.45, 2.75) is 25.7 Å². The lowest BCUT2D eigenvalue weighted by Gasteiger charge is -2.15. The van der Waals surface area contributed by atoms with Gasteiger partial charge in [-0.3, -0.25) is 9.20 Å². The highest BCUT2D eigenvalue weighted by molar-refractivity contribution is 7.16. The van der Waals surface area contributed by atoms with Crippen LogP contribution in [0.3, 0.4) is 0 Å². The lowest BCUT2D eigenvalue weighted by molar-refractivity contribution is -0.119. The molecular formula is C20H16F2N6OS. The van der Waals surface area contributed by atoms with Crippen LogP contribution in [0.25, 0.3) is 16.3 Å². The molecular weight excluding hydrogens is 410 g/mol. The number of hydrogen-bond donors (Lipinski definition) is 2. The summed E-state index contributed by atoms with van der Waals surface area (Å²) in [5, 5.41) is 4.60. The average molecular weight is 426 g/mol. The number of benzene rings is 1. The van der Waals surface area contributed by atoms with E-state index in [-0.39, 0.29) is 29.5 Å². The van der Waals surface area contributed by atoms with Gasteiger partial charge < -0.3 is 11.1 Å². The number of nitrogens with two attached hydrogens (primary N) is 1. The van der Waals surface area contributed by atoms with Gasteiger partial charge in [-0.2, -0.15) is 0 Å². The number of nitrogen functional groups attached to an aromatic ring is 1. The summed E-state index contributed by atoms with van der Waals surface area (Å²) in [7, 11) is 0. The lowest BCUT2D eigenvalue weighted by Crippen LogP contribution is -2.27. The molecule has 0 bridgehead atoms. The minimum Gasteiger partial charge on any atom is -0.383 e. The van der Waals surface area contributed by atoms with Gasteiger partial charge in [-0.25, -0.2) is 23.7 Å². The minimum absolute atomic E-state index is 0.0890. The van der Waals surface area contributed by atoms with Crippen LogP contribution < -0.4 is 11.1 Å². The van der Waals surface area contributed by atoms with Crippen LogP contribution in [0.5, 0.6) is 0 Å². The predicted molar refractivity (Wildman–Crippen MR) is 109 cm³/mol. The Morgan fingerprint density at radius 3 is 2.83 bits per heavy atom. The van der Waals surface area contributed by atoms with E-state index in [0.29, 0.717) is 22.9 Å². The van der Waals surface area contributed by atoms with E-state index in [1.807, 2.05) is 5.38 Å². The SMILES string of the molecule is CC1(C)C(=O)Nc2nc(-c3nc(Cc4cccc(F)c4F)n4ccsc34)nc(N)c21. The molecule has 0 saturated heterocycles. The highest BCUT2D eigenvalue weighted by Gasteiger charge is 2.42. The number of nitrogens with one attached hydrogen (secondary N) is 1. The average Bonchev–Trinajstić information content (AvgIpc) is 3.34. The van der Waals surface area contributed by atoms with E-state index in [2.05, 4.69) is 20.3 Å². The number of anilines is 2. The van der Waals surface area contributed by atoms with Crippen molar-refractivity contribution in [3.63, 3.8) is 0 Å². The molecule has 0 fully saturated rings. The summed E-state index contributed by atoms with van der Waals surface area (Å²) in [6.07, 6.45) is 1.89. The first-order chi connectivity index (χ1) is 14.3. The Labute approximate surface area is 173 Å². The Bertz CT molecular complexity index is 1340. The van der Waals surface area contributed by atoms with Crippen LogP contribution in [-0.4, -0.2) is 25.3 Å². The molecule has 0 aliphatic carbocycles. The molecule has 5 rings (SSSR count). The predicted octanol–water partition coefficient (Wildman–Crippen LogP) is 3.53. The molecule has 0 atom stereocenters. The summed E-state index contributed by atoms with van der Waals surface area (Å²) in [5.74, 6) is -0.665. The largest absolute Gasteiger partial charge is 0.383 e. The zero-order chi connectivity index (χ0) is 21.2. The van der Waals surface area contributed by atoms with Crippen LogP contribution in [0.2, 0.25) is 0 Å². The van der Waals surface area contributed by atoms with Crippen molar-refractivity contribution >= 4 is 33.7 Å². The molecule has 7 nitrogen and oxygen atoms in total. The molecule has 3 aromatic heterocycles. The highest BCUT2D eigenvalue weighted by Crippen LogP contribution is 2.40. The molecule has 1 amide bonds. The van der Waals surface area contributed by atoms with Crippen molar-refractivity contribution in [2.24, 2.45) is 0 Å². The molecule has 1 aliphatic rings. The lowest BCUT2D eigenvalue weighted by atomic mass is 9.87. The zero-order valence-corrected chi connectivity index (χ0v) is 16.8. The standard InChI is InChI=1S/C20H16F2N6OS/c1-20(2)12-15(23)25-17(26-16(12)27-19(20)29)14-18-28(6-7-30-18)11(24-14)8-9-4-3-5-10(21)13(9)22/h3-7H,8H2,1-2H3,(H3,23,25,26,27,29). The maximum Gasteiger partial charge on any atom is 0.235 e. The molecule has 4 heterocycles. The van der Waals surface area contributed by atoms with Crippen molar-refractivity contribution in [3.05, 3.63) is 58.4 Å². The van der Waals surface area contributed by atoms with Gasteiger partial charge in [-0.1, -0.05) is 12.1 Å². The topological polar surface area (TPSA) is 98.2 Å². The number of imidazole rings is 1. The van der Waals surface area contributed by atoms with E-state index in [1.165, 1.54) is 23.5 Å². The Morgan fingerprint density at radius 2 is 2.03 bits per heavy atom. The number of carbonyl (C=O) groups is 1. The number of amides is 1. The van der Waals surface area contributed by atoms with Crippen LogP contribution in [0, 0.1) is 11.6 Å². The number of fused-ring (bicyclic) bond motifs is 2. The van der Waals surface area contributed by atoms with Crippen LogP contribution >= 0.6 is 11.3 Å². The minimum atomic E-state index is -0.904. The van der Waals surface area contributed by atoms with E-state index in [4.69, 9.17) is 5.73 Å². The fourth-order valence-corrected chi connectivity index (χ4v) is 4.52. The van der Waals surface area contributed by atoms with Crippen molar-refractivity contribution in [2.75, 3.05) is 11.1 Å². The van der Waals surface area contributed by atoms with Gasteiger partial charge >= 0.3 is 0 Å². The normalized spacial score (nSPS) is 14.9. The molecule has 30 heavy (non-hydrogen) atoms.